The molecule has 5 nitrogen and oxygen atoms in total. The molecule has 0 bridgehead atoms. The van der Waals surface area contributed by atoms with E-state index in [0.29, 0.717) is 13.0 Å². The Morgan fingerprint density at radius 1 is 1.50 bits per heavy atom. The summed E-state index contributed by atoms with van der Waals surface area (Å²) in [5.41, 5.74) is 1.10. The highest BCUT2D eigenvalue weighted by Gasteiger charge is 2.17. The third-order valence-electron chi connectivity index (χ3n) is 4.09. The minimum absolute atomic E-state index is 0.273. The molecule has 20 heavy (non-hydrogen) atoms. The van der Waals surface area contributed by atoms with E-state index in [0.717, 1.165) is 37.5 Å². The van der Waals surface area contributed by atoms with Gasteiger partial charge in [0.1, 0.15) is 0 Å². The Bertz CT molecular complexity index is 423. The van der Waals surface area contributed by atoms with Crippen LogP contribution in [0.4, 0.5) is 0 Å². The molecule has 0 saturated carbocycles. The highest BCUT2D eigenvalue weighted by atomic mass is 16.2. The topological polar surface area (TPSA) is 50.2 Å². The Morgan fingerprint density at radius 3 is 2.85 bits per heavy atom. The monoisotopic (exact) mass is 278 g/mol. The Morgan fingerprint density at radius 2 is 2.25 bits per heavy atom. The molecule has 0 radical (unpaired) electrons. The minimum atomic E-state index is 0.273. The van der Waals surface area contributed by atoms with Gasteiger partial charge in [0.2, 0.25) is 5.91 Å². The van der Waals surface area contributed by atoms with Crippen molar-refractivity contribution < 1.29 is 4.79 Å². The number of rotatable bonds is 6. The number of piperidine rings is 1. The van der Waals surface area contributed by atoms with E-state index >= 15 is 0 Å². The lowest BCUT2D eigenvalue weighted by molar-refractivity contribution is -0.132. The molecule has 0 aromatic carbocycles. The Labute approximate surface area is 121 Å². The van der Waals surface area contributed by atoms with E-state index in [4.69, 9.17) is 0 Å². The molecule has 1 aromatic rings. The zero-order valence-electron chi connectivity index (χ0n) is 12.6. The van der Waals surface area contributed by atoms with E-state index in [1.165, 1.54) is 12.8 Å². The molecule has 0 atom stereocenters. The van der Waals surface area contributed by atoms with Crippen LogP contribution >= 0.6 is 0 Å². The van der Waals surface area contributed by atoms with Gasteiger partial charge in [0.05, 0.1) is 6.20 Å². The summed E-state index contributed by atoms with van der Waals surface area (Å²) in [4.78, 5) is 14.2. The fraction of sp³-hybridized carbons (Fsp3) is 0.733. The molecular weight excluding hydrogens is 252 g/mol. The number of carbonyl (C=O) groups excluding carboxylic acids is 1. The lowest BCUT2D eigenvalue weighted by atomic mass is 9.93. The smallest absolute Gasteiger partial charge is 0.222 e. The fourth-order valence-electron chi connectivity index (χ4n) is 2.81. The van der Waals surface area contributed by atoms with E-state index in [1.807, 2.05) is 31.3 Å². The van der Waals surface area contributed by atoms with Gasteiger partial charge in [-0.1, -0.05) is 0 Å². The number of carbonyl (C=O) groups is 1. The van der Waals surface area contributed by atoms with Gasteiger partial charge in [0, 0.05) is 38.3 Å². The highest BCUT2D eigenvalue weighted by molar-refractivity contribution is 5.76. The molecule has 5 heteroatoms. The van der Waals surface area contributed by atoms with Crippen LogP contribution in [0.15, 0.2) is 12.4 Å². The third-order valence-corrected chi connectivity index (χ3v) is 4.09. The summed E-state index contributed by atoms with van der Waals surface area (Å²) in [5, 5.41) is 7.52. The first-order valence-corrected chi connectivity index (χ1v) is 7.65. The number of amides is 1. The lowest BCUT2D eigenvalue weighted by Gasteiger charge is -2.24. The van der Waals surface area contributed by atoms with Crippen LogP contribution in [-0.2, 0) is 18.4 Å². The van der Waals surface area contributed by atoms with Crippen molar-refractivity contribution in [2.24, 2.45) is 13.0 Å². The van der Waals surface area contributed by atoms with E-state index in [9.17, 15) is 4.79 Å². The van der Waals surface area contributed by atoms with Crippen molar-refractivity contribution >= 4 is 5.91 Å². The van der Waals surface area contributed by atoms with E-state index < -0.39 is 0 Å². The maximum atomic E-state index is 12.3. The second-order valence-electron chi connectivity index (χ2n) is 5.66. The molecule has 0 unspecified atom stereocenters. The quantitative estimate of drug-likeness (QED) is 0.859. The SMILES string of the molecule is CCN(Cc1cnn(C)c1)C(=O)CCC1CCNCC1. The van der Waals surface area contributed by atoms with Crippen molar-refractivity contribution in [3.8, 4) is 0 Å². The van der Waals surface area contributed by atoms with Gasteiger partial charge in [0.25, 0.3) is 0 Å². The van der Waals surface area contributed by atoms with Gasteiger partial charge in [-0.15, -0.1) is 0 Å². The number of aromatic nitrogens is 2. The van der Waals surface area contributed by atoms with Crippen LogP contribution in [0, 0.1) is 5.92 Å². The molecule has 1 saturated heterocycles. The van der Waals surface area contributed by atoms with Crippen LogP contribution in [0.25, 0.3) is 0 Å². The fourth-order valence-corrected chi connectivity index (χ4v) is 2.81. The molecule has 1 amide bonds. The summed E-state index contributed by atoms with van der Waals surface area (Å²) in [7, 11) is 1.90. The number of nitrogens with one attached hydrogen (secondary N) is 1. The third kappa shape index (κ3) is 4.34. The Hall–Kier alpha value is -1.36. The highest BCUT2D eigenvalue weighted by Crippen LogP contribution is 2.18. The van der Waals surface area contributed by atoms with Crippen molar-refractivity contribution in [1.82, 2.24) is 20.0 Å². The molecule has 1 N–H and O–H groups in total. The zero-order valence-corrected chi connectivity index (χ0v) is 12.6. The summed E-state index contributed by atoms with van der Waals surface area (Å²) >= 11 is 0. The van der Waals surface area contributed by atoms with Crippen molar-refractivity contribution in [3.63, 3.8) is 0 Å². The van der Waals surface area contributed by atoms with Gasteiger partial charge in [0.15, 0.2) is 0 Å². The normalized spacial score (nSPS) is 16.3. The molecular formula is C15H26N4O. The second-order valence-corrected chi connectivity index (χ2v) is 5.66. The number of aryl methyl sites for hydroxylation is 1. The largest absolute Gasteiger partial charge is 0.339 e. The predicted molar refractivity (Wildman–Crippen MR) is 79.1 cm³/mol. The van der Waals surface area contributed by atoms with Crippen LogP contribution < -0.4 is 5.32 Å². The Balaban J connectivity index is 1.79. The zero-order chi connectivity index (χ0) is 14.4. The molecule has 0 spiro atoms. The maximum Gasteiger partial charge on any atom is 0.222 e. The average molecular weight is 278 g/mol. The lowest BCUT2D eigenvalue weighted by Crippen LogP contribution is -2.32. The van der Waals surface area contributed by atoms with Crippen molar-refractivity contribution in [3.05, 3.63) is 18.0 Å². The standard InChI is InChI=1S/C15H26N4O/c1-3-19(12-14-10-17-18(2)11-14)15(20)5-4-13-6-8-16-9-7-13/h10-11,13,16H,3-9,12H2,1-2H3. The molecule has 2 heterocycles. The first-order valence-electron chi connectivity index (χ1n) is 7.65. The summed E-state index contributed by atoms with van der Waals surface area (Å²) in [6, 6.07) is 0. The minimum Gasteiger partial charge on any atom is -0.339 e. The molecule has 1 aliphatic heterocycles. The summed E-state index contributed by atoms with van der Waals surface area (Å²) < 4.78 is 1.78. The number of hydrogen-bond donors (Lipinski definition) is 1. The van der Waals surface area contributed by atoms with Crippen LogP contribution in [0.2, 0.25) is 0 Å². The van der Waals surface area contributed by atoms with Crippen LogP contribution in [0.5, 0.6) is 0 Å². The average Bonchev–Trinajstić information content (AvgIpc) is 2.88. The molecule has 2 rings (SSSR count). The number of hydrogen-bond acceptors (Lipinski definition) is 3. The first-order chi connectivity index (χ1) is 9.69. The number of nitrogens with zero attached hydrogens (tertiary/aromatic N) is 3. The van der Waals surface area contributed by atoms with Gasteiger partial charge >= 0.3 is 0 Å². The van der Waals surface area contributed by atoms with Gasteiger partial charge in [-0.2, -0.15) is 5.10 Å². The van der Waals surface area contributed by atoms with E-state index in [-0.39, 0.29) is 5.91 Å². The molecule has 112 valence electrons. The van der Waals surface area contributed by atoms with Gasteiger partial charge in [-0.25, -0.2) is 0 Å². The summed E-state index contributed by atoms with van der Waals surface area (Å²) in [6.45, 7) is 5.69. The van der Waals surface area contributed by atoms with Gasteiger partial charge < -0.3 is 10.2 Å². The van der Waals surface area contributed by atoms with Crippen LogP contribution in [0.3, 0.4) is 0 Å². The predicted octanol–water partition coefficient (Wildman–Crippen LogP) is 1.55. The molecule has 1 fully saturated rings. The van der Waals surface area contributed by atoms with Crippen LogP contribution in [0.1, 0.15) is 38.2 Å². The Kier molecular flexibility index (Phi) is 5.59. The summed E-state index contributed by atoms with van der Waals surface area (Å²) in [5.74, 6) is 0.993. The van der Waals surface area contributed by atoms with Crippen molar-refractivity contribution in [1.29, 1.82) is 0 Å². The van der Waals surface area contributed by atoms with Crippen molar-refractivity contribution in [2.75, 3.05) is 19.6 Å². The molecule has 1 aromatic heterocycles. The maximum absolute atomic E-state index is 12.3. The van der Waals surface area contributed by atoms with Crippen molar-refractivity contribution in [2.45, 2.75) is 39.2 Å². The summed E-state index contributed by atoms with van der Waals surface area (Å²) in [6.07, 6.45) is 7.94. The molecule has 0 aliphatic carbocycles. The van der Waals surface area contributed by atoms with Gasteiger partial charge in [-0.05, 0) is 45.2 Å². The van der Waals surface area contributed by atoms with Crippen LogP contribution in [-0.4, -0.2) is 40.2 Å². The first kappa shape index (κ1) is 15.0. The van der Waals surface area contributed by atoms with E-state index in [2.05, 4.69) is 10.4 Å². The second kappa shape index (κ2) is 7.43. The molecule has 1 aliphatic rings. The van der Waals surface area contributed by atoms with Gasteiger partial charge in [-0.3, -0.25) is 9.48 Å². The van der Waals surface area contributed by atoms with E-state index in [1.54, 1.807) is 4.68 Å².